The summed E-state index contributed by atoms with van der Waals surface area (Å²) in [7, 11) is 2.10. The van der Waals surface area contributed by atoms with Crippen LogP contribution in [0.1, 0.15) is 36.3 Å². The largest absolute Gasteiger partial charge is 0.457 e. The number of furan rings is 1. The number of aryl methyl sites for hydroxylation is 3. The maximum atomic E-state index is 6.52. The maximum absolute atomic E-state index is 6.52. The first-order valence-electron chi connectivity index (χ1n) is 10.0. The van der Waals surface area contributed by atoms with Gasteiger partial charge in [-0.05, 0) is 60.9 Å². The average molecular weight is 372 g/mol. The third kappa shape index (κ3) is 2.39. The summed E-state index contributed by atoms with van der Waals surface area (Å²) >= 11 is 0. The van der Waals surface area contributed by atoms with Crippen molar-refractivity contribution in [1.29, 1.82) is 0 Å². The van der Waals surface area contributed by atoms with E-state index in [2.05, 4.69) is 76.7 Å². The summed E-state index contributed by atoms with van der Waals surface area (Å²) in [6.07, 6.45) is 3.09. The number of benzene rings is 2. The second-order valence-corrected chi connectivity index (χ2v) is 8.67. The molecule has 142 valence electrons. The molecule has 0 spiro atoms. The van der Waals surface area contributed by atoms with Crippen LogP contribution < -0.4 is 9.30 Å². The van der Waals surface area contributed by atoms with Gasteiger partial charge in [-0.25, -0.2) is 0 Å². The number of hydrogen-bond acceptors (Lipinski definition) is 2. The van der Waals surface area contributed by atoms with Crippen LogP contribution in [0.15, 0.2) is 34.9 Å². The van der Waals surface area contributed by atoms with Crippen molar-refractivity contribution in [3.63, 3.8) is 0 Å². The predicted octanol–water partition coefficient (Wildman–Crippen LogP) is 6.31. The quantitative estimate of drug-likeness (QED) is 0.340. The van der Waals surface area contributed by atoms with Gasteiger partial charge in [-0.15, -0.1) is 0 Å². The van der Waals surface area contributed by atoms with Crippen molar-refractivity contribution in [2.45, 2.75) is 41.0 Å². The van der Waals surface area contributed by atoms with Crippen LogP contribution in [-0.4, -0.2) is 0 Å². The highest BCUT2D eigenvalue weighted by Crippen LogP contribution is 2.50. The lowest BCUT2D eigenvalue weighted by molar-refractivity contribution is -0.659. The van der Waals surface area contributed by atoms with E-state index in [1.807, 2.05) is 0 Å². The second kappa shape index (κ2) is 5.84. The topological polar surface area (TPSA) is 26.2 Å². The van der Waals surface area contributed by atoms with Gasteiger partial charge in [-0.2, -0.15) is 4.57 Å². The van der Waals surface area contributed by atoms with Crippen molar-refractivity contribution in [1.82, 2.24) is 0 Å². The van der Waals surface area contributed by atoms with Crippen LogP contribution in [0.3, 0.4) is 0 Å². The normalized spacial score (nSPS) is 12.7. The van der Waals surface area contributed by atoms with Gasteiger partial charge in [-0.1, -0.05) is 26.0 Å². The number of aromatic nitrogens is 1. The Hall–Kier alpha value is -2.81. The molecular formula is C25H26NO2+. The molecule has 2 aromatic carbocycles. The van der Waals surface area contributed by atoms with E-state index in [-0.39, 0.29) is 0 Å². The molecule has 3 heteroatoms. The summed E-state index contributed by atoms with van der Waals surface area (Å²) in [4.78, 5) is 0. The van der Waals surface area contributed by atoms with Crippen LogP contribution in [0.5, 0.6) is 11.5 Å². The number of rotatable bonds is 2. The first kappa shape index (κ1) is 17.3. The Morgan fingerprint density at radius 3 is 2.54 bits per heavy atom. The lowest BCUT2D eigenvalue weighted by Gasteiger charge is -2.22. The molecule has 1 aliphatic rings. The summed E-state index contributed by atoms with van der Waals surface area (Å²) < 4.78 is 15.0. The van der Waals surface area contributed by atoms with E-state index in [0.717, 1.165) is 40.3 Å². The molecule has 3 heterocycles. The van der Waals surface area contributed by atoms with Crippen molar-refractivity contribution in [2.75, 3.05) is 0 Å². The van der Waals surface area contributed by atoms with Gasteiger partial charge in [0.2, 0.25) is 5.75 Å². The van der Waals surface area contributed by atoms with Crippen LogP contribution in [0.25, 0.3) is 33.0 Å². The number of nitrogens with zero attached hydrogens (tertiary/aromatic N) is 1. The van der Waals surface area contributed by atoms with Crippen LogP contribution in [0.2, 0.25) is 0 Å². The Morgan fingerprint density at radius 2 is 1.79 bits per heavy atom. The van der Waals surface area contributed by atoms with Crippen molar-refractivity contribution < 1.29 is 13.7 Å². The standard InChI is InChI=1S/C25H26NO2/c1-13(2)7-19-11-18-12-26(6)23-21-16(5)15(4)10-17-8-14(3)9-20(22(17)21)28-25(23)24(18)27-19/h8-13H,7H2,1-6H3/q+1. The van der Waals surface area contributed by atoms with Crippen molar-refractivity contribution in [3.05, 3.63) is 52.9 Å². The molecule has 28 heavy (non-hydrogen) atoms. The van der Waals surface area contributed by atoms with Gasteiger partial charge in [0.15, 0.2) is 11.8 Å². The van der Waals surface area contributed by atoms with E-state index in [9.17, 15) is 0 Å². The van der Waals surface area contributed by atoms with Crippen molar-refractivity contribution >= 4 is 21.7 Å². The SMILES string of the molecule is Cc1cc2c3c(c(C)c(C)cc3c1)-c1c(c3oc(CC(C)C)cc3c[n+]1C)O2. The third-order valence-electron chi connectivity index (χ3n) is 5.84. The minimum Gasteiger partial charge on any atom is -0.457 e. The lowest BCUT2D eigenvalue weighted by atomic mass is 9.90. The first-order valence-corrected chi connectivity index (χ1v) is 10.0. The lowest BCUT2D eigenvalue weighted by Crippen LogP contribution is -2.32. The fourth-order valence-electron chi connectivity index (χ4n) is 4.53. The zero-order valence-corrected chi connectivity index (χ0v) is 17.4. The summed E-state index contributed by atoms with van der Waals surface area (Å²) in [6.45, 7) is 10.9. The minimum atomic E-state index is 0.549. The van der Waals surface area contributed by atoms with E-state index in [0.29, 0.717) is 5.92 Å². The maximum Gasteiger partial charge on any atom is 0.260 e. The molecule has 4 aromatic rings. The second-order valence-electron chi connectivity index (χ2n) is 8.67. The van der Waals surface area contributed by atoms with Gasteiger partial charge >= 0.3 is 0 Å². The van der Waals surface area contributed by atoms with E-state index < -0.39 is 0 Å². The molecule has 0 bridgehead atoms. The highest BCUT2D eigenvalue weighted by atomic mass is 16.5. The average Bonchev–Trinajstić information content (AvgIpc) is 2.99. The van der Waals surface area contributed by atoms with E-state index in [1.54, 1.807) is 0 Å². The molecule has 0 saturated carbocycles. The number of fused-ring (bicyclic) bond motifs is 4. The van der Waals surface area contributed by atoms with Crippen molar-refractivity contribution in [2.24, 2.45) is 13.0 Å². The predicted molar refractivity (Wildman–Crippen MR) is 113 cm³/mol. The monoisotopic (exact) mass is 372 g/mol. The van der Waals surface area contributed by atoms with E-state index in [1.165, 1.54) is 33.0 Å². The zero-order valence-electron chi connectivity index (χ0n) is 17.4. The Bertz CT molecular complexity index is 1280. The number of hydrogen-bond donors (Lipinski definition) is 0. The summed E-state index contributed by atoms with van der Waals surface area (Å²) in [6, 6.07) is 8.81. The highest BCUT2D eigenvalue weighted by molar-refractivity contribution is 6.07. The molecule has 0 N–H and O–H groups in total. The smallest absolute Gasteiger partial charge is 0.260 e. The number of pyridine rings is 1. The summed E-state index contributed by atoms with van der Waals surface area (Å²) in [5.74, 6) is 3.33. The van der Waals surface area contributed by atoms with Crippen LogP contribution in [-0.2, 0) is 13.5 Å². The fourth-order valence-corrected chi connectivity index (χ4v) is 4.53. The molecule has 0 radical (unpaired) electrons. The van der Waals surface area contributed by atoms with Gasteiger partial charge in [0, 0.05) is 11.8 Å². The van der Waals surface area contributed by atoms with Gasteiger partial charge in [-0.3, -0.25) is 0 Å². The van der Waals surface area contributed by atoms with Crippen LogP contribution in [0, 0.1) is 26.7 Å². The Morgan fingerprint density at radius 1 is 1.00 bits per heavy atom. The molecular weight excluding hydrogens is 346 g/mol. The number of ether oxygens (including phenoxy) is 1. The Labute approximate surface area is 165 Å². The zero-order chi connectivity index (χ0) is 19.7. The van der Waals surface area contributed by atoms with Gasteiger partial charge in [0.25, 0.3) is 5.69 Å². The fraction of sp³-hybridized carbons (Fsp3) is 0.320. The Kier molecular flexibility index (Phi) is 3.61. The molecule has 2 aromatic heterocycles. The van der Waals surface area contributed by atoms with Gasteiger partial charge in [0.1, 0.15) is 18.6 Å². The Balaban J connectivity index is 1.90. The molecule has 0 aliphatic carbocycles. The summed E-state index contributed by atoms with van der Waals surface area (Å²) in [5, 5.41) is 3.53. The van der Waals surface area contributed by atoms with Crippen LogP contribution in [0.4, 0.5) is 0 Å². The molecule has 0 saturated heterocycles. The molecule has 3 nitrogen and oxygen atoms in total. The first-order chi connectivity index (χ1) is 13.3. The molecule has 0 atom stereocenters. The van der Waals surface area contributed by atoms with Crippen LogP contribution >= 0.6 is 0 Å². The van der Waals surface area contributed by atoms with E-state index in [4.69, 9.17) is 9.15 Å². The highest BCUT2D eigenvalue weighted by Gasteiger charge is 2.33. The summed E-state index contributed by atoms with van der Waals surface area (Å²) in [5.41, 5.74) is 7.01. The van der Waals surface area contributed by atoms with Gasteiger partial charge in [0.05, 0.1) is 10.9 Å². The molecule has 1 aliphatic heterocycles. The van der Waals surface area contributed by atoms with E-state index >= 15 is 0 Å². The van der Waals surface area contributed by atoms with Crippen molar-refractivity contribution in [3.8, 4) is 22.8 Å². The molecule has 5 rings (SSSR count). The molecule has 0 unspecified atom stereocenters. The molecule has 0 fully saturated rings. The third-order valence-corrected chi connectivity index (χ3v) is 5.84. The molecule has 0 amide bonds. The minimum absolute atomic E-state index is 0.549. The van der Waals surface area contributed by atoms with Gasteiger partial charge < -0.3 is 9.15 Å².